The van der Waals surface area contributed by atoms with Gasteiger partial charge in [0, 0.05) is 36.2 Å². The molecule has 1 saturated heterocycles. The first-order chi connectivity index (χ1) is 12.0. The number of hydrogen-bond acceptors (Lipinski definition) is 3. The molecule has 3 rings (SSSR count). The number of aromatic nitrogens is 1. The Hall–Kier alpha value is -2.27. The minimum Gasteiger partial charge on any atom is -0.497 e. The van der Waals surface area contributed by atoms with E-state index < -0.39 is 0 Å². The Kier molecular flexibility index (Phi) is 5.13. The van der Waals surface area contributed by atoms with Crippen molar-refractivity contribution < 1.29 is 9.53 Å². The van der Waals surface area contributed by atoms with Crippen LogP contribution in [0.2, 0.25) is 0 Å². The molecule has 1 N–H and O–H groups in total. The van der Waals surface area contributed by atoms with Gasteiger partial charge in [-0.3, -0.25) is 4.79 Å². The highest BCUT2D eigenvalue weighted by molar-refractivity contribution is 5.96. The minimum atomic E-state index is 0.141. The minimum absolute atomic E-state index is 0.141. The van der Waals surface area contributed by atoms with Crippen LogP contribution in [0.25, 0.3) is 5.69 Å². The lowest BCUT2D eigenvalue weighted by Gasteiger charge is -2.31. The highest BCUT2D eigenvalue weighted by Gasteiger charge is 2.25. The van der Waals surface area contributed by atoms with Crippen molar-refractivity contribution in [1.29, 1.82) is 0 Å². The van der Waals surface area contributed by atoms with E-state index in [-0.39, 0.29) is 5.91 Å². The molecule has 1 aliphatic heterocycles. The average molecular weight is 341 g/mol. The maximum atomic E-state index is 13.0. The predicted octanol–water partition coefficient (Wildman–Crippen LogP) is 2.93. The first-order valence-electron chi connectivity index (χ1n) is 8.85. The van der Waals surface area contributed by atoms with Crippen LogP contribution in [0.3, 0.4) is 0 Å². The van der Waals surface area contributed by atoms with Gasteiger partial charge in [-0.15, -0.1) is 0 Å². The molecule has 2 heterocycles. The maximum absolute atomic E-state index is 13.0. The van der Waals surface area contributed by atoms with Crippen molar-refractivity contribution in [1.82, 2.24) is 14.8 Å². The zero-order chi connectivity index (χ0) is 18.0. The molecule has 0 bridgehead atoms. The van der Waals surface area contributed by atoms with Gasteiger partial charge in [0.05, 0.1) is 12.7 Å². The Morgan fingerprint density at radius 1 is 1.16 bits per heavy atom. The molecule has 0 atom stereocenters. The third kappa shape index (κ3) is 3.42. The highest BCUT2D eigenvalue weighted by Crippen LogP contribution is 2.24. The molecule has 5 heteroatoms. The zero-order valence-electron chi connectivity index (χ0n) is 15.5. The molecule has 2 aromatic rings. The number of nitrogens with one attached hydrogen (secondary N) is 1. The molecule has 0 radical (unpaired) electrons. The summed E-state index contributed by atoms with van der Waals surface area (Å²) in [5.41, 5.74) is 3.90. The number of aryl methyl sites for hydroxylation is 1. The molecule has 1 aromatic carbocycles. The van der Waals surface area contributed by atoms with Gasteiger partial charge in [0.15, 0.2) is 0 Å². The second-order valence-corrected chi connectivity index (χ2v) is 6.67. The van der Waals surface area contributed by atoms with Crippen LogP contribution in [-0.4, -0.2) is 48.7 Å². The van der Waals surface area contributed by atoms with E-state index in [1.54, 1.807) is 7.11 Å². The monoisotopic (exact) mass is 341 g/mol. The van der Waals surface area contributed by atoms with Gasteiger partial charge in [-0.05, 0) is 64.1 Å². The molecule has 0 saturated carbocycles. The summed E-state index contributed by atoms with van der Waals surface area (Å²) < 4.78 is 7.36. The van der Waals surface area contributed by atoms with Crippen LogP contribution in [0.1, 0.15) is 34.6 Å². The van der Waals surface area contributed by atoms with Crippen molar-refractivity contribution in [3.8, 4) is 11.4 Å². The standard InChI is InChI=1S/C20H27N3O2/c1-14-13-19(20(24)22-11-9-16(21-3)10-12-22)15(2)23(14)17-5-7-18(25-4)8-6-17/h5-8,13,16,21H,9-12H2,1-4H3. The second-order valence-electron chi connectivity index (χ2n) is 6.67. The fraction of sp³-hybridized carbons (Fsp3) is 0.450. The molecule has 5 nitrogen and oxygen atoms in total. The number of methoxy groups -OCH3 is 1. The number of carbonyl (C=O) groups excluding carboxylic acids is 1. The fourth-order valence-corrected chi connectivity index (χ4v) is 3.65. The molecule has 25 heavy (non-hydrogen) atoms. The smallest absolute Gasteiger partial charge is 0.255 e. The zero-order valence-corrected chi connectivity index (χ0v) is 15.5. The molecule has 0 unspecified atom stereocenters. The van der Waals surface area contributed by atoms with E-state index in [0.717, 1.165) is 54.3 Å². The van der Waals surface area contributed by atoms with Crippen LogP contribution in [0, 0.1) is 13.8 Å². The van der Waals surface area contributed by atoms with Gasteiger partial charge >= 0.3 is 0 Å². The van der Waals surface area contributed by atoms with Crippen LogP contribution in [0.5, 0.6) is 5.75 Å². The molecule has 0 aliphatic carbocycles. The lowest BCUT2D eigenvalue weighted by atomic mass is 10.0. The van der Waals surface area contributed by atoms with Gasteiger partial charge in [0.25, 0.3) is 5.91 Å². The van der Waals surface area contributed by atoms with Crippen molar-refractivity contribution in [3.63, 3.8) is 0 Å². The van der Waals surface area contributed by atoms with Crippen molar-refractivity contribution in [2.75, 3.05) is 27.2 Å². The van der Waals surface area contributed by atoms with Gasteiger partial charge in [-0.2, -0.15) is 0 Å². The van der Waals surface area contributed by atoms with E-state index in [9.17, 15) is 4.79 Å². The Bertz CT molecular complexity index is 741. The summed E-state index contributed by atoms with van der Waals surface area (Å²) >= 11 is 0. The van der Waals surface area contributed by atoms with Crippen LogP contribution >= 0.6 is 0 Å². The number of likely N-dealkylation sites (tertiary alicyclic amines) is 1. The number of ether oxygens (including phenoxy) is 1. The lowest BCUT2D eigenvalue weighted by molar-refractivity contribution is 0.0706. The summed E-state index contributed by atoms with van der Waals surface area (Å²) in [6, 6.07) is 10.5. The maximum Gasteiger partial charge on any atom is 0.255 e. The molecule has 1 amide bonds. The van der Waals surface area contributed by atoms with Crippen LogP contribution in [-0.2, 0) is 0 Å². The predicted molar refractivity (Wildman–Crippen MR) is 99.8 cm³/mol. The van der Waals surface area contributed by atoms with Gasteiger partial charge in [-0.1, -0.05) is 0 Å². The van der Waals surface area contributed by atoms with Crippen molar-refractivity contribution >= 4 is 5.91 Å². The van der Waals surface area contributed by atoms with E-state index in [1.165, 1.54) is 0 Å². The number of amides is 1. The van der Waals surface area contributed by atoms with Gasteiger partial charge in [0.2, 0.25) is 0 Å². The van der Waals surface area contributed by atoms with Crippen LogP contribution in [0.4, 0.5) is 0 Å². The Morgan fingerprint density at radius 3 is 2.36 bits per heavy atom. The first-order valence-corrected chi connectivity index (χ1v) is 8.85. The molecule has 1 fully saturated rings. The Morgan fingerprint density at radius 2 is 1.80 bits per heavy atom. The third-order valence-corrected chi connectivity index (χ3v) is 5.18. The Balaban J connectivity index is 1.85. The summed E-state index contributed by atoms with van der Waals surface area (Å²) in [5.74, 6) is 0.970. The van der Waals surface area contributed by atoms with Gasteiger partial charge in [0.1, 0.15) is 5.75 Å². The van der Waals surface area contributed by atoms with E-state index in [4.69, 9.17) is 4.74 Å². The number of benzene rings is 1. The molecule has 0 spiro atoms. The molecule has 1 aliphatic rings. The highest BCUT2D eigenvalue weighted by atomic mass is 16.5. The number of rotatable bonds is 4. The molecule has 1 aromatic heterocycles. The first kappa shape index (κ1) is 17.5. The lowest BCUT2D eigenvalue weighted by Crippen LogP contribution is -2.44. The van der Waals surface area contributed by atoms with Gasteiger partial charge in [-0.25, -0.2) is 0 Å². The molecule has 134 valence electrons. The molecular formula is C20H27N3O2. The number of nitrogens with zero attached hydrogens (tertiary/aromatic N) is 2. The molecular weight excluding hydrogens is 314 g/mol. The summed E-state index contributed by atoms with van der Waals surface area (Å²) in [6.45, 7) is 5.69. The van der Waals surface area contributed by atoms with Crippen molar-refractivity contribution in [2.24, 2.45) is 0 Å². The summed E-state index contributed by atoms with van der Waals surface area (Å²) in [7, 11) is 3.65. The fourth-order valence-electron chi connectivity index (χ4n) is 3.65. The van der Waals surface area contributed by atoms with E-state index in [0.29, 0.717) is 6.04 Å². The number of carbonyl (C=O) groups is 1. The SMILES string of the molecule is CNC1CCN(C(=O)c2cc(C)n(-c3ccc(OC)cc3)c2C)CC1. The summed E-state index contributed by atoms with van der Waals surface area (Å²) in [5, 5.41) is 3.31. The van der Waals surface area contributed by atoms with Crippen molar-refractivity contribution in [3.05, 3.63) is 47.3 Å². The third-order valence-electron chi connectivity index (χ3n) is 5.18. The quantitative estimate of drug-likeness (QED) is 0.930. The number of hydrogen-bond donors (Lipinski definition) is 1. The van der Waals surface area contributed by atoms with E-state index >= 15 is 0 Å². The Labute approximate surface area is 149 Å². The van der Waals surface area contributed by atoms with E-state index in [2.05, 4.69) is 9.88 Å². The van der Waals surface area contributed by atoms with Gasteiger partial charge < -0.3 is 19.5 Å². The number of piperidine rings is 1. The topological polar surface area (TPSA) is 46.5 Å². The van der Waals surface area contributed by atoms with Crippen molar-refractivity contribution in [2.45, 2.75) is 32.7 Å². The summed E-state index contributed by atoms with van der Waals surface area (Å²) in [6.07, 6.45) is 2.03. The largest absolute Gasteiger partial charge is 0.497 e. The normalized spacial score (nSPS) is 15.4. The second kappa shape index (κ2) is 7.31. The van der Waals surface area contributed by atoms with Crippen LogP contribution < -0.4 is 10.1 Å². The van der Waals surface area contributed by atoms with Crippen LogP contribution in [0.15, 0.2) is 30.3 Å². The van der Waals surface area contributed by atoms with E-state index in [1.807, 2.05) is 56.1 Å². The summed E-state index contributed by atoms with van der Waals surface area (Å²) in [4.78, 5) is 15.0. The average Bonchev–Trinajstić information content (AvgIpc) is 2.95.